The summed E-state index contributed by atoms with van der Waals surface area (Å²) in [6.45, 7) is 1.72. The van der Waals surface area contributed by atoms with E-state index in [1.54, 1.807) is 18.4 Å². The molecule has 6 heteroatoms. The molecule has 0 aliphatic rings. The Morgan fingerprint density at radius 2 is 2.20 bits per heavy atom. The molecule has 0 fully saturated rings. The van der Waals surface area contributed by atoms with Crippen LogP contribution in [0.5, 0.6) is 0 Å². The Bertz CT molecular complexity index is 492. The maximum Gasteiger partial charge on any atom is 0.231 e. The first kappa shape index (κ1) is 11.0. The third kappa shape index (κ3) is 2.19. The minimum Gasteiger partial charge on any atom is -0.231 e. The summed E-state index contributed by atoms with van der Waals surface area (Å²) in [4.78, 5) is 8.67. The van der Waals surface area contributed by atoms with Crippen LogP contribution in [0.2, 0.25) is 5.02 Å². The molecule has 0 radical (unpaired) electrons. The minimum atomic E-state index is -0.554. The third-order valence-corrected chi connectivity index (χ3v) is 3.94. The monoisotopic (exact) mass is 306 g/mol. The quantitative estimate of drug-likeness (QED) is 0.742. The molecule has 0 unspecified atom stereocenters. The zero-order valence-electron chi connectivity index (χ0n) is 7.59. The van der Waals surface area contributed by atoms with Gasteiger partial charge in [-0.15, -0.1) is 11.3 Å². The molecule has 0 amide bonds. The second kappa shape index (κ2) is 4.15. The topological polar surface area (TPSA) is 25.8 Å². The number of thiophene rings is 1. The van der Waals surface area contributed by atoms with Crippen molar-refractivity contribution in [3.05, 3.63) is 32.6 Å². The van der Waals surface area contributed by atoms with Crippen molar-refractivity contribution in [1.82, 2.24) is 9.97 Å². The molecule has 2 heterocycles. The maximum absolute atomic E-state index is 13.3. The Morgan fingerprint density at radius 1 is 1.47 bits per heavy atom. The van der Waals surface area contributed by atoms with Gasteiger partial charge >= 0.3 is 0 Å². The van der Waals surface area contributed by atoms with E-state index in [-0.39, 0.29) is 0 Å². The van der Waals surface area contributed by atoms with Gasteiger partial charge in [0.1, 0.15) is 0 Å². The van der Waals surface area contributed by atoms with Crippen LogP contribution >= 0.6 is 38.9 Å². The summed E-state index contributed by atoms with van der Waals surface area (Å²) in [5.41, 5.74) is 0.571. The van der Waals surface area contributed by atoms with E-state index in [9.17, 15) is 4.39 Å². The summed E-state index contributed by atoms with van der Waals surface area (Å²) in [6.07, 6.45) is 0. The zero-order valence-corrected chi connectivity index (χ0v) is 10.7. The number of nitrogens with zero attached hydrogens (tertiary/aromatic N) is 2. The standard InChI is InChI=1S/C9H5BrClFN2S/c1-4-7(10)8(12)14-9(13-4)6-2-5(11)3-15-6/h2-3H,1H3. The number of hydrogen-bond donors (Lipinski definition) is 0. The van der Waals surface area contributed by atoms with Gasteiger partial charge < -0.3 is 0 Å². The molecule has 78 valence electrons. The molecule has 2 rings (SSSR count). The van der Waals surface area contributed by atoms with Crippen molar-refractivity contribution in [3.63, 3.8) is 0 Å². The molecular weight excluding hydrogens is 303 g/mol. The number of aromatic nitrogens is 2. The lowest BCUT2D eigenvalue weighted by molar-refractivity contribution is 0.572. The summed E-state index contributed by atoms with van der Waals surface area (Å²) in [5, 5.41) is 2.37. The highest BCUT2D eigenvalue weighted by atomic mass is 79.9. The maximum atomic E-state index is 13.3. The highest BCUT2D eigenvalue weighted by Crippen LogP contribution is 2.28. The normalized spacial score (nSPS) is 10.7. The molecule has 2 aromatic rings. The van der Waals surface area contributed by atoms with E-state index >= 15 is 0 Å². The number of aryl methyl sites for hydroxylation is 1. The molecule has 2 nitrogen and oxygen atoms in total. The van der Waals surface area contributed by atoms with Gasteiger partial charge in [-0.2, -0.15) is 9.37 Å². The molecule has 0 aliphatic carbocycles. The lowest BCUT2D eigenvalue weighted by atomic mass is 10.4. The summed E-state index contributed by atoms with van der Waals surface area (Å²) in [5.74, 6) is -0.188. The second-order valence-corrected chi connectivity index (χ2v) is 5.01. The Labute approximate surface area is 103 Å². The van der Waals surface area contributed by atoms with Crippen molar-refractivity contribution in [2.45, 2.75) is 6.92 Å². The van der Waals surface area contributed by atoms with E-state index in [1.807, 2.05) is 0 Å². The van der Waals surface area contributed by atoms with Crippen LogP contribution < -0.4 is 0 Å². The first-order chi connectivity index (χ1) is 7.08. The van der Waals surface area contributed by atoms with Crippen molar-refractivity contribution < 1.29 is 4.39 Å². The van der Waals surface area contributed by atoms with Crippen molar-refractivity contribution in [2.75, 3.05) is 0 Å². The molecule has 15 heavy (non-hydrogen) atoms. The zero-order chi connectivity index (χ0) is 11.0. The molecule has 0 atom stereocenters. The van der Waals surface area contributed by atoms with Crippen LogP contribution in [-0.4, -0.2) is 9.97 Å². The van der Waals surface area contributed by atoms with E-state index in [2.05, 4.69) is 25.9 Å². The van der Waals surface area contributed by atoms with Crippen molar-refractivity contribution >= 4 is 38.9 Å². The molecule has 0 bridgehead atoms. The van der Waals surface area contributed by atoms with Gasteiger partial charge in [0.05, 0.1) is 20.1 Å². The van der Waals surface area contributed by atoms with Gasteiger partial charge in [-0.3, -0.25) is 0 Å². The van der Waals surface area contributed by atoms with Crippen LogP contribution in [0.3, 0.4) is 0 Å². The van der Waals surface area contributed by atoms with E-state index < -0.39 is 5.95 Å². The highest BCUT2D eigenvalue weighted by Gasteiger charge is 2.11. The van der Waals surface area contributed by atoms with Gasteiger partial charge in [0, 0.05) is 5.38 Å². The van der Waals surface area contributed by atoms with Gasteiger partial charge in [0.15, 0.2) is 5.82 Å². The van der Waals surface area contributed by atoms with Gasteiger partial charge in [-0.1, -0.05) is 11.6 Å². The predicted octanol–water partition coefficient (Wildman–Crippen LogP) is 4.07. The SMILES string of the molecule is Cc1nc(-c2cc(Cl)cs2)nc(F)c1Br. The molecule has 0 aromatic carbocycles. The summed E-state index contributed by atoms with van der Waals surface area (Å²) in [7, 11) is 0. The molecule has 0 saturated carbocycles. The van der Waals surface area contributed by atoms with Gasteiger partial charge in [0.2, 0.25) is 5.95 Å². The highest BCUT2D eigenvalue weighted by molar-refractivity contribution is 9.10. The molecular formula is C9H5BrClFN2S. The van der Waals surface area contributed by atoms with Crippen molar-refractivity contribution in [2.24, 2.45) is 0 Å². The molecule has 2 aromatic heterocycles. The van der Waals surface area contributed by atoms with Crippen molar-refractivity contribution in [1.29, 1.82) is 0 Å². The fourth-order valence-corrected chi connectivity index (χ4v) is 2.25. The average Bonchev–Trinajstić information content (AvgIpc) is 2.60. The lowest BCUT2D eigenvalue weighted by Gasteiger charge is -2.01. The van der Waals surface area contributed by atoms with Crippen LogP contribution in [0.25, 0.3) is 10.7 Å². The number of rotatable bonds is 1. The van der Waals surface area contributed by atoms with Gasteiger partial charge in [-0.05, 0) is 28.9 Å². The predicted molar refractivity (Wildman–Crippen MR) is 62.8 cm³/mol. The van der Waals surface area contributed by atoms with Crippen LogP contribution in [0.15, 0.2) is 15.9 Å². The summed E-state index contributed by atoms with van der Waals surface area (Å²) < 4.78 is 13.6. The Balaban J connectivity index is 2.55. The summed E-state index contributed by atoms with van der Waals surface area (Å²) in [6, 6.07) is 1.72. The fraction of sp³-hybridized carbons (Fsp3) is 0.111. The first-order valence-electron chi connectivity index (χ1n) is 4.02. The first-order valence-corrected chi connectivity index (χ1v) is 6.07. The molecule has 0 saturated heterocycles. The molecule has 0 spiro atoms. The van der Waals surface area contributed by atoms with E-state index in [4.69, 9.17) is 11.6 Å². The lowest BCUT2D eigenvalue weighted by Crippen LogP contribution is -1.96. The average molecular weight is 308 g/mol. The van der Waals surface area contributed by atoms with E-state index in [0.717, 1.165) is 4.88 Å². The van der Waals surface area contributed by atoms with Crippen molar-refractivity contribution in [3.8, 4) is 10.7 Å². The molecule has 0 N–H and O–H groups in total. The Hall–Kier alpha value is -0.520. The largest absolute Gasteiger partial charge is 0.231 e. The Kier molecular flexibility index (Phi) is 3.04. The van der Waals surface area contributed by atoms with E-state index in [0.29, 0.717) is 21.0 Å². The second-order valence-electron chi connectivity index (χ2n) is 2.87. The van der Waals surface area contributed by atoms with Crippen LogP contribution in [0, 0.1) is 12.9 Å². The number of halogens is 3. The third-order valence-electron chi connectivity index (χ3n) is 1.76. The Morgan fingerprint density at radius 3 is 2.73 bits per heavy atom. The smallest absolute Gasteiger partial charge is 0.231 e. The van der Waals surface area contributed by atoms with Crippen LogP contribution in [0.1, 0.15) is 5.69 Å². The van der Waals surface area contributed by atoms with E-state index in [1.165, 1.54) is 11.3 Å². The summed E-state index contributed by atoms with van der Waals surface area (Å²) >= 11 is 10.2. The van der Waals surface area contributed by atoms with Crippen LogP contribution in [0.4, 0.5) is 4.39 Å². The number of hydrogen-bond acceptors (Lipinski definition) is 3. The van der Waals surface area contributed by atoms with Crippen LogP contribution in [-0.2, 0) is 0 Å². The minimum absolute atomic E-state index is 0.300. The van der Waals surface area contributed by atoms with Gasteiger partial charge in [-0.25, -0.2) is 4.98 Å². The fourth-order valence-electron chi connectivity index (χ4n) is 1.06. The van der Waals surface area contributed by atoms with Gasteiger partial charge in [0.25, 0.3) is 0 Å². The molecule has 0 aliphatic heterocycles.